The van der Waals surface area contributed by atoms with Crippen molar-refractivity contribution in [1.82, 2.24) is 24.8 Å². The number of nitrogens with one attached hydrogen (secondary N) is 1. The van der Waals surface area contributed by atoms with Crippen LogP contribution in [-0.4, -0.2) is 45.3 Å². The Bertz CT molecular complexity index is 503. The maximum absolute atomic E-state index is 5.91. The number of aromatic nitrogens is 4. The molecule has 2 aromatic rings. The zero-order valence-electron chi connectivity index (χ0n) is 8.27. The van der Waals surface area contributed by atoms with Crippen LogP contribution < -0.4 is 0 Å². The second-order valence-electron chi connectivity index (χ2n) is 3.12. The molecule has 78 valence electrons. The summed E-state index contributed by atoms with van der Waals surface area (Å²) >= 11 is 5.91. The third-order valence-corrected chi connectivity index (χ3v) is 1.91. The van der Waals surface area contributed by atoms with Crippen molar-refractivity contribution in [2.24, 2.45) is 4.99 Å². The summed E-state index contributed by atoms with van der Waals surface area (Å²) in [7, 11) is 3.72. The highest BCUT2D eigenvalue weighted by molar-refractivity contribution is 6.33. The lowest BCUT2D eigenvalue weighted by Gasteiger charge is -2.01. The van der Waals surface area contributed by atoms with Crippen molar-refractivity contribution in [2.45, 2.75) is 0 Å². The molecule has 0 aliphatic heterocycles. The molecule has 0 amide bonds. The highest BCUT2D eigenvalue weighted by Crippen LogP contribution is 2.19. The van der Waals surface area contributed by atoms with Crippen molar-refractivity contribution in [3.05, 3.63) is 11.5 Å². The molecule has 2 aromatic heterocycles. The lowest BCUT2D eigenvalue weighted by atomic mass is 10.5. The molecule has 0 aromatic carbocycles. The third kappa shape index (κ3) is 2.04. The molecular formula is C8H9ClN6. The minimum Gasteiger partial charge on any atom is -0.369 e. The summed E-state index contributed by atoms with van der Waals surface area (Å²) in [6, 6.07) is 0. The van der Waals surface area contributed by atoms with E-state index >= 15 is 0 Å². The average Bonchev–Trinajstić information content (AvgIpc) is 2.63. The topological polar surface area (TPSA) is 70.1 Å². The van der Waals surface area contributed by atoms with Crippen LogP contribution >= 0.6 is 11.6 Å². The summed E-state index contributed by atoms with van der Waals surface area (Å²) in [5.74, 6) is 0.299. The van der Waals surface area contributed by atoms with Crippen molar-refractivity contribution in [3.63, 3.8) is 0 Å². The molecule has 0 spiro atoms. The van der Waals surface area contributed by atoms with Gasteiger partial charge in [-0.1, -0.05) is 11.6 Å². The van der Waals surface area contributed by atoms with Crippen LogP contribution in [0.15, 0.2) is 11.3 Å². The summed E-state index contributed by atoms with van der Waals surface area (Å²) in [6.07, 6.45) is 3.12. The SMILES string of the molecule is CN(C)C=Nc1nc(Cl)c2[nH]cnc2n1. The number of hydrogen-bond acceptors (Lipinski definition) is 4. The van der Waals surface area contributed by atoms with Crippen molar-refractivity contribution in [1.29, 1.82) is 0 Å². The molecule has 0 fully saturated rings. The van der Waals surface area contributed by atoms with Crippen molar-refractivity contribution < 1.29 is 0 Å². The number of aromatic amines is 1. The highest BCUT2D eigenvalue weighted by atomic mass is 35.5. The van der Waals surface area contributed by atoms with Crippen LogP contribution in [0, 0.1) is 0 Å². The Morgan fingerprint density at radius 1 is 1.47 bits per heavy atom. The van der Waals surface area contributed by atoms with E-state index in [0.717, 1.165) is 0 Å². The molecule has 2 heterocycles. The molecule has 0 radical (unpaired) electrons. The van der Waals surface area contributed by atoms with Gasteiger partial charge in [0.25, 0.3) is 5.95 Å². The van der Waals surface area contributed by atoms with Gasteiger partial charge in [0.1, 0.15) is 5.52 Å². The molecule has 15 heavy (non-hydrogen) atoms. The molecule has 0 atom stereocenters. The van der Waals surface area contributed by atoms with Gasteiger partial charge in [0, 0.05) is 14.1 Å². The minimum absolute atomic E-state index is 0.299. The Morgan fingerprint density at radius 3 is 3.00 bits per heavy atom. The van der Waals surface area contributed by atoms with E-state index in [1.807, 2.05) is 14.1 Å². The van der Waals surface area contributed by atoms with E-state index in [1.54, 1.807) is 11.2 Å². The lowest BCUT2D eigenvalue weighted by molar-refractivity contribution is 0.642. The van der Waals surface area contributed by atoms with Gasteiger partial charge in [-0.25, -0.2) is 9.98 Å². The average molecular weight is 225 g/mol. The summed E-state index contributed by atoms with van der Waals surface area (Å²) in [6.45, 7) is 0. The Balaban J connectivity index is 2.45. The van der Waals surface area contributed by atoms with Gasteiger partial charge in [0.15, 0.2) is 10.8 Å². The normalized spacial score (nSPS) is 11.4. The number of fused-ring (bicyclic) bond motifs is 1. The van der Waals surface area contributed by atoms with E-state index in [2.05, 4.69) is 24.9 Å². The van der Waals surface area contributed by atoms with Crippen molar-refractivity contribution in [3.8, 4) is 0 Å². The maximum atomic E-state index is 5.91. The second-order valence-corrected chi connectivity index (χ2v) is 3.48. The van der Waals surface area contributed by atoms with Gasteiger partial charge in [-0.2, -0.15) is 9.97 Å². The molecule has 1 N–H and O–H groups in total. The molecule has 0 bridgehead atoms. The first kappa shape index (κ1) is 9.85. The molecule has 7 heteroatoms. The first-order chi connectivity index (χ1) is 7.16. The van der Waals surface area contributed by atoms with Gasteiger partial charge in [-0.05, 0) is 0 Å². The predicted molar refractivity (Wildman–Crippen MR) is 58.5 cm³/mol. The standard InChI is InChI=1S/C8H9ClN6/c1-15(2)4-12-8-13-6(9)5-7(14-8)11-3-10-5/h3-4H,1-2H3,(H,10,11,13,14). The Morgan fingerprint density at radius 2 is 2.27 bits per heavy atom. The van der Waals surface area contributed by atoms with E-state index in [1.165, 1.54) is 6.33 Å². The molecule has 0 saturated heterocycles. The van der Waals surface area contributed by atoms with Crippen LogP contribution in [0.25, 0.3) is 11.2 Å². The number of imidazole rings is 1. The number of hydrogen-bond donors (Lipinski definition) is 1. The minimum atomic E-state index is 0.299. The number of H-pyrrole nitrogens is 1. The van der Waals surface area contributed by atoms with E-state index in [9.17, 15) is 0 Å². The molecule has 6 nitrogen and oxygen atoms in total. The fourth-order valence-corrected chi connectivity index (χ4v) is 1.23. The summed E-state index contributed by atoms with van der Waals surface area (Å²) in [5, 5.41) is 0.323. The number of aliphatic imine (C=N–C) groups is 1. The highest BCUT2D eigenvalue weighted by Gasteiger charge is 2.06. The van der Waals surface area contributed by atoms with Crippen LogP contribution in [-0.2, 0) is 0 Å². The molecule has 2 rings (SSSR count). The van der Waals surface area contributed by atoms with Gasteiger partial charge >= 0.3 is 0 Å². The molecule has 0 aliphatic rings. The Labute approximate surface area is 91.0 Å². The molecule has 0 saturated carbocycles. The monoisotopic (exact) mass is 224 g/mol. The lowest BCUT2D eigenvalue weighted by Crippen LogP contribution is -2.07. The third-order valence-electron chi connectivity index (χ3n) is 1.63. The van der Waals surface area contributed by atoms with E-state index in [0.29, 0.717) is 22.3 Å². The van der Waals surface area contributed by atoms with Crippen LogP contribution in [0.1, 0.15) is 0 Å². The van der Waals surface area contributed by atoms with Crippen LogP contribution in [0.2, 0.25) is 5.15 Å². The van der Waals surface area contributed by atoms with Crippen LogP contribution in [0.3, 0.4) is 0 Å². The van der Waals surface area contributed by atoms with Gasteiger partial charge in [0.2, 0.25) is 0 Å². The van der Waals surface area contributed by atoms with Crippen LogP contribution in [0.5, 0.6) is 0 Å². The van der Waals surface area contributed by atoms with E-state index < -0.39 is 0 Å². The van der Waals surface area contributed by atoms with E-state index in [4.69, 9.17) is 11.6 Å². The molecule has 0 unspecified atom stereocenters. The molecular weight excluding hydrogens is 216 g/mol. The number of rotatable bonds is 2. The zero-order valence-corrected chi connectivity index (χ0v) is 9.02. The van der Waals surface area contributed by atoms with Crippen molar-refractivity contribution in [2.75, 3.05) is 14.1 Å². The van der Waals surface area contributed by atoms with E-state index in [-0.39, 0.29) is 0 Å². The fourth-order valence-electron chi connectivity index (χ4n) is 1.01. The summed E-state index contributed by atoms with van der Waals surface area (Å²) in [5.41, 5.74) is 1.14. The van der Waals surface area contributed by atoms with Gasteiger partial charge in [0.05, 0.1) is 12.7 Å². The van der Waals surface area contributed by atoms with Gasteiger partial charge in [-0.15, -0.1) is 0 Å². The quantitative estimate of drug-likeness (QED) is 0.473. The first-order valence-electron chi connectivity index (χ1n) is 4.24. The largest absolute Gasteiger partial charge is 0.369 e. The smallest absolute Gasteiger partial charge is 0.254 e. The Hall–Kier alpha value is -1.69. The first-order valence-corrected chi connectivity index (χ1v) is 4.62. The maximum Gasteiger partial charge on any atom is 0.254 e. The predicted octanol–water partition coefficient (Wildman–Crippen LogP) is 1.23. The number of nitrogens with zero attached hydrogens (tertiary/aromatic N) is 5. The Kier molecular flexibility index (Phi) is 2.51. The van der Waals surface area contributed by atoms with Crippen LogP contribution in [0.4, 0.5) is 5.95 Å². The molecule has 0 aliphatic carbocycles. The fraction of sp³-hybridized carbons (Fsp3) is 0.250. The van der Waals surface area contributed by atoms with Gasteiger partial charge in [-0.3, -0.25) is 0 Å². The van der Waals surface area contributed by atoms with Gasteiger partial charge < -0.3 is 9.88 Å². The second kappa shape index (κ2) is 3.82. The van der Waals surface area contributed by atoms with Crippen molar-refractivity contribution >= 4 is 35.1 Å². The zero-order chi connectivity index (χ0) is 10.8. The summed E-state index contributed by atoms with van der Waals surface area (Å²) < 4.78 is 0. The number of halogens is 1. The summed E-state index contributed by atoms with van der Waals surface area (Å²) in [4.78, 5) is 20.8.